The first-order valence-electron chi connectivity index (χ1n) is 5.40. The van der Waals surface area contributed by atoms with Gasteiger partial charge >= 0.3 is 0 Å². The van der Waals surface area contributed by atoms with Crippen molar-refractivity contribution in [2.75, 3.05) is 32.4 Å². The van der Waals surface area contributed by atoms with E-state index in [-0.39, 0.29) is 11.8 Å². The standard InChI is InChI=1S/C9H20N4O2S/c1-8(2)12-16(14,15)7-5-11-9-10-4-6-13(9)3/h8,12H,4-7H2,1-3H3,(H,10,11). The molecule has 0 aromatic rings. The van der Waals surface area contributed by atoms with Gasteiger partial charge in [0.05, 0.1) is 12.3 Å². The van der Waals surface area contributed by atoms with Crippen LogP contribution in [0.4, 0.5) is 0 Å². The summed E-state index contributed by atoms with van der Waals surface area (Å²) in [6.07, 6.45) is 0. The van der Waals surface area contributed by atoms with Crippen molar-refractivity contribution in [1.29, 1.82) is 0 Å². The molecule has 1 rings (SSSR count). The van der Waals surface area contributed by atoms with Gasteiger partial charge in [0.15, 0.2) is 5.96 Å². The number of sulfonamides is 1. The lowest BCUT2D eigenvalue weighted by atomic mass is 10.4. The topological polar surface area (TPSA) is 73.8 Å². The van der Waals surface area contributed by atoms with Gasteiger partial charge in [0, 0.05) is 26.2 Å². The number of likely N-dealkylation sites (N-methyl/N-ethyl adjacent to an activating group) is 1. The minimum atomic E-state index is -3.18. The molecule has 0 fully saturated rings. The van der Waals surface area contributed by atoms with Gasteiger partial charge in [0.2, 0.25) is 10.0 Å². The molecule has 16 heavy (non-hydrogen) atoms. The van der Waals surface area contributed by atoms with Crippen molar-refractivity contribution in [1.82, 2.24) is 14.9 Å². The fourth-order valence-corrected chi connectivity index (χ4v) is 2.65. The van der Waals surface area contributed by atoms with Crippen molar-refractivity contribution >= 4 is 16.0 Å². The molecule has 1 aliphatic rings. The van der Waals surface area contributed by atoms with Crippen LogP contribution in [0.25, 0.3) is 0 Å². The molecule has 1 aliphatic heterocycles. The summed E-state index contributed by atoms with van der Waals surface area (Å²) in [4.78, 5) is 6.19. The van der Waals surface area contributed by atoms with Crippen LogP contribution in [-0.4, -0.2) is 57.8 Å². The fourth-order valence-electron chi connectivity index (χ4n) is 1.44. The van der Waals surface area contributed by atoms with E-state index in [9.17, 15) is 8.42 Å². The second-order valence-electron chi connectivity index (χ2n) is 4.15. The van der Waals surface area contributed by atoms with Crippen LogP contribution < -0.4 is 10.0 Å². The summed E-state index contributed by atoms with van der Waals surface area (Å²) >= 11 is 0. The Balaban J connectivity index is 2.30. The summed E-state index contributed by atoms with van der Waals surface area (Å²) in [6, 6.07) is -0.0588. The van der Waals surface area contributed by atoms with Crippen molar-refractivity contribution < 1.29 is 8.42 Å². The van der Waals surface area contributed by atoms with E-state index in [1.54, 1.807) is 13.8 Å². The highest BCUT2D eigenvalue weighted by molar-refractivity contribution is 7.89. The smallest absolute Gasteiger partial charge is 0.213 e. The Kier molecular flexibility index (Phi) is 4.55. The third kappa shape index (κ3) is 4.36. The summed E-state index contributed by atoms with van der Waals surface area (Å²) in [5.41, 5.74) is 0. The van der Waals surface area contributed by atoms with Crippen LogP contribution in [0.3, 0.4) is 0 Å². The molecule has 0 aromatic carbocycles. The maximum absolute atomic E-state index is 11.5. The van der Waals surface area contributed by atoms with Gasteiger partial charge in [-0.3, -0.25) is 4.99 Å². The molecule has 6 nitrogen and oxygen atoms in total. The second-order valence-corrected chi connectivity index (χ2v) is 6.02. The van der Waals surface area contributed by atoms with Crippen molar-refractivity contribution in [3.63, 3.8) is 0 Å². The zero-order chi connectivity index (χ0) is 12.2. The maximum atomic E-state index is 11.5. The monoisotopic (exact) mass is 248 g/mol. The Bertz CT molecular complexity index is 351. The first-order chi connectivity index (χ1) is 7.41. The van der Waals surface area contributed by atoms with Crippen molar-refractivity contribution in [2.24, 2.45) is 4.99 Å². The van der Waals surface area contributed by atoms with Crippen LogP contribution in [0.5, 0.6) is 0 Å². The average molecular weight is 248 g/mol. The highest BCUT2D eigenvalue weighted by Gasteiger charge is 2.14. The molecule has 94 valence electrons. The van der Waals surface area contributed by atoms with Crippen LogP contribution in [0.15, 0.2) is 4.99 Å². The fraction of sp³-hybridized carbons (Fsp3) is 0.889. The first kappa shape index (κ1) is 13.2. The van der Waals surface area contributed by atoms with Gasteiger partial charge in [-0.2, -0.15) is 0 Å². The van der Waals surface area contributed by atoms with E-state index in [2.05, 4.69) is 15.0 Å². The molecule has 0 radical (unpaired) electrons. The molecule has 0 aromatic heterocycles. The Morgan fingerprint density at radius 1 is 1.50 bits per heavy atom. The lowest BCUT2D eigenvalue weighted by Crippen LogP contribution is -2.41. The lowest BCUT2D eigenvalue weighted by molar-refractivity contribution is 0.534. The maximum Gasteiger partial charge on any atom is 0.213 e. The predicted octanol–water partition coefficient (Wildman–Crippen LogP) is -0.795. The third-order valence-corrected chi connectivity index (χ3v) is 3.70. The van der Waals surface area contributed by atoms with Gasteiger partial charge in [-0.15, -0.1) is 0 Å². The van der Waals surface area contributed by atoms with E-state index in [0.717, 1.165) is 19.0 Å². The lowest BCUT2D eigenvalue weighted by Gasteiger charge is -2.15. The molecular weight excluding hydrogens is 228 g/mol. The normalized spacial score (nSPS) is 16.8. The summed E-state index contributed by atoms with van der Waals surface area (Å²) in [6.45, 7) is 5.65. The zero-order valence-electron chi connectivity index (χ0n) is 10.0. The molecule has 0 aliphatic carbocycles. The van der Waals surface area contributed by atoms with Crippen LogP contribution in [0.2, 0.25) is 0 Å². The number of guanidine groups is 1. The van der Waals surface area contributed by atoms with E-state index < -0.39 is 10.0 Å². The number of rotatable bonds is 5. The Morgan fingerprint density at radius 2 is 2.19 bits per heavy atom. The molecule has 0 saturated carbocycles. The summed E-state index contributed by atoms with van der Waals surface area (Å²) in [5, 5.41) is 3.02. The van der Waals surface area contributed by atoms with Crippen LogP contribution in [0, 0.1) is 0 Å². The number of hydrogen-bond acceptors (Lipinski definition) is 5. The molecule has 0 bridgehead atoms. The molecule has 0 atom stereocenters. The van der Waals surface area contributed by atoms with Gasteiger partial charge in [0.1, 0.15) is 0 Å². The number of aliphatic imine (C=N–C) groups is 1. The average Bonchev–Trinajstić information content (AvgIpc) is 2.49. The molecule has 0 unspecified atom stereocenters. The number of nitrogens with zero attached hydrogens (tertiary/aromatic N) is 2. The van der Waals surface area contributed by atoms with Gasteiger partial charge in [-0.05, 0) is 13.8 Å². The van der Waals surface area contributed by atoms with Gasteiger partial charge in [0.25, 0.3) is 0 Å². The Morgan fingerprint density at radius 3 is 2.69 bits per heavy atom. The molecular formula is C9H20N4O2S. The first-order valence-corrected chi connectivity index (χ1v) is 7.05. The highest BCUT2D eigenvalue weighted by Crippen LogP contribution is 1.95. The number of hydrogen-bond donors (Lipinski definition) is 2. The summed E-state index contributed by atoms with van der Waals surface area (Å²) < 4.78 is 25.5. The van der Waals surface area contributed by atoms with Crippen LogP contribution >= 0.6 is 0 Å². The summed E-state index contributed by atoms with van der Waals surface area (Å²) in [5.74, 6) is 0.845. The van der Waals surface area contributed by atoms with Gasteiger partial charge in [-0.1, -0.05) is 0 Å². The molecule has 0 amide bonds. The molecule has 0 saturated heterocycles. The van der Waals surface area contributed by atoms with E-state index in [4.69, 9.17) is 0 Å². The van der Waals surface area contributed by atoms with E-state index in [1.807, 2.05) is 11.9 Å². The highest BCUT2D eigenvalue weighted by atomic mass is 32.2. The Hall–Kier alpha value is -0.820. The minimum absolute atomic E-state index is 0.0588. The van der Waals surface area contributed by atoms with E-state index in [0.29, 0.717) is 6.54 Å². The van der Waals surface area contributed by atoms with E-state index >= 15 is 0 Å². The summed E-state index contributed by atoms with van der Waals surface area (Å²) in [7, 11) is -1.25. The largest absolute Gasteiger partial charge is 0.355 e. The third-order valence-electron chi connectivity index (χ3n) is 2.13. The zero-order valence-corrected chi connectivity index (χ0v) is 10.8. The minimum Gasteiger partial charge on any atom is -0.355 e. The quantitative estimate of drug-likeness (QED) is 0.668. The Labute approximate surface area is 97.2 Å². The second kappa shape index (κ2) is 5.49. The van der Waals surface area contributed by atoms with Crippen molar-refractivity contribution in [3.8, 4) is 0 Å². The van der Waals surface area contributed by atoms with Gasteiger partial charge < -0.3 is 10.2 Å². The van der Waals surface area contributed by atoms with Crippen LogP contribution in [0.1, 0.15) is 13.8 Å². The van der Waals surface area contributed by atoms with Crippen molar-refractivity contribution in [2.45, 2.75) is 19.9 Å². The van der Waals surface area contributed by atoms with Crippen LogP contribution in [-0.2, 0) is 10.0 Å². The predicted molar refractivity (Wildman–Crippen MR) is 65.0 cm³/mol. The molecule has 2 N–H and O–H groups in total. The SMILES string of the molecule is CC(C)NS(=O)(=O)CCNC1=NCCN1C. The molecule has 0 spiro atoms. The van der Waals surface area contributed by atoms with E-state index in [1.165, 1.54) is 0 Å². The van der Waals surface area contributed by atoms with Crippen molar-refractivity contribution in [3.05, 3.63) is 0 Å². The molecule has 7 heteroatoms. The molecule has 1 heterocycles. The number of nitrogens with one attached hydrogen (secondary N) is 2. The van der Waals surface area contributed by atoms with Gasteiger partial charge in [-0.25, -0.2) is 13.1 Å².